The Morgan fingerprint density at radius 3 is 2.50 bits per heavy atom. The number of fused-ring (bicyclic) bond motifs is 1. The second-order valence-corrected chi connectivity index (χ2v) is 5.95. The van der Waals surface area contributed by atoms with E-state index in [2.05, 4.69) is 15.8 Å². The quantitative estimate of drug-likeness (QED) is 0.507. The molecule has 8 nitrogen and oxygen atoms in total. The van der Waals surface area contributed by atoms with Crippen LogP contribution in [0.5, 0.6) is 11.5 Å². The lowest BCUT2D eigenvalue weighted by Crippen LogP contribution is -2.40. The van der Waals surface area contributed by atoms with E-state index in [9.17, 15) is 9.59 Å². The maximum absolute atomic E-state index is 12.3. The molecule has 0 aliphatic rings. The molecule has 1 aromatic carbocycles. The van der Waals surface area contributed by atoms with Gasteiger partial charge >= 0.3 is 0 Å². The van der Waals surface area contributed by atoms with Gasteiger partial charge in [-0.1, -0.05) is 17.7 Å². The molecule has 3 rings (SSSR count). The van der Waals surface area contributed by atoms with E-state index in [1.807, 2.05) is 12.1 Å². The van der Waals surface area contributed by atoms with E-state index in [-0.39, 0.29) is 10.7 Å². The van der Waals surface area contributed by atoms with Gasteiger partial charge < -0.3 is 9.47 Å². The Morgan fingerprint density at radius 1 is 1.11 bits per heavy atom. The Morgan fingerprint density at radius 2 is 1.82 bits per heavy atom. The molecule has 0 radical (unpaired) electrons. The number of halogens is 1. The van der Waals surface area contributed by atoms with Crippen molar-refractivity contribution in [2.24, 2.45) is 0 Å². The number of imidazole rings is 1. The molecule has 0 aliphatic heterocycles. The second-order valence-electron chi connectivity index (χ2n) is 5.59. The van der Waals surface area contributed by atoms with Crippen molar-refractivity contribution in [1.29, 1.82) is 0 Å². The summed E-state index contributed by atoms with van der Waals surface area (Å²) in [5.41, 5.74) is 6.11. The highest BCUT2D eigenvalue weighted by atomic mass is 35.5. The number of carbonyl (C=O) groups excluding carboxylic acids is 2. The fourth-order valence-electron chi connectivity index (χ4n) is 2.46. The molecular formula is C19H17ClN4O4. The number of carbonyl (C=O) groups is 2. The monoisotopic (exact) mass is 400 g/mol. The number of nitrogens with zero attached hydrogens (tertiary/aromatic N) is 2. The van der Waals surface area contributed by atoms with Crippen molar-refractivity contribution in [2.45, 2.75) is 0 Å². The van der Waals surface area contributed by atoms with Crippen molar-refractivity contribution >= 4 is 35.1 Å². The minimum absolute atomic E-state index is 0.266. The molecule has 0 atom stereocenters. The highest BCUT2D eigenvalue weighted by Gasteiger charge is 2.11. The van der Waals surface area contributed by atoms with Crippen LogP contribution in [0.25, 0.3) is 11.7 Å². The van der Waals surface area contributed by atoms with Crippen LogP contribution in [0.4, 0.5) is 0 Å². The van der Waals surface area contributed by atoms with Crippen molar-refractivity contribution in [3.05, 3.63) is 65.1 Å². The van der Waals surface area contributed by atoms with Crippen molar-refractivity contribution < 1.29 is 19.1 Å². The number of hydrazine groups is 1. The van der Waals surface area contributed by atoms with Crippen LogP contribution in [0.3, 0.4) is 0 Å². The van der Waals surface area contributed by atoms with E-state index in [1.165, 1.54) is 38.5 Å². The van der Waals surface area contributed by atoms with Crippen molar-refractivity contribution in [2.75, 3.05) is 14.2 Å². The van der Waals surface area contributed by atoms with Gasteiger partial charge in [0.15, 0.2) is 5.15 Å². The number of benzene rings is 1. The van der Waals surface area contributed by atoms with Crippen molar-refractivity contribution in [1.82, 2.24) is 20.2 Å². The Hall–Kier alpha value is -3.52. The summed E-state index contributed by atoms with van der Waals surface area (Å²) in [6.07, 6.45) is 4.54. The van der Waals surface area contributed by atoms with E-state index in [0.29, 0.717) is 22.8 Å². The molecule has 2 N–H and O–H groups in total. The van der Waals surface area contributed by atoms with Gasteiger partial charge in [-0.15, -0.1) is 0 Å². The molecule has 144 valence electrons. The average Bonchev–Trinajstić information content (AvgIpc) is 3.04. The van der Waals surface area contributed by atoms with E-state index >= 15 is 0 Å². The van der Waals surface area contributed by atoms with Crippen LogP contribution in [0.2, 0.25) is 5.15 Å². The Labute approximate surface area is 165 Å². The average molecular weight is 401 g/mol. The van der Waals surface area contributed by atoms with Crippen molar-refractivity contribution in [3.8, 4) is 11.5 Å². The summed E-state index contributed by atoms with van der Waals surface area (Å²) >= 11 is 6.11. The summed E-state index contributed by atoms with van der Waals surface area (Å²) < 4.78 is 12.0. The third kappa shape index (κ3) is 4.24. The molecule has 0 unspecified atom stereocenters. The third-order valence-corrected chi connectivity index (χ3v) is 4.11. The molecule has 2 amide bonds. The predicted molar refractivity (Wildman–Crippen MR) is 104 cm³/mol. The molecule has 0 spiro atoms. The first-order valence-electron chi connectivity index (χ1n) is 8.16. The molecule has 2 heterocycles. The number of nitrogens with one attached hydrogen (secondary N) is 2. The smallest absolute Gasteiger partial charge is 0.269 e. The van der Waals surface area contributed by atoms with E-state index in [1.54, 1.807) is 22.7 Å². The first-order valence-corrected chi connectivity index (χ1v) is 8.53. The van der Waals surface area contributed by atoms with Crippen LogP contribution in [0, 0.1) is 0 Å². The lowest BCUT2D eigenvalue weighted by Gasteiger charge is -2.09. The molecule has 3 aromatic rings. The first-order chi connectivity index (χ1) is 13.5. The number of hydrogen-bond acceptors (Lipinski definition) is 5. The maximum Gasteiger partial charge on any atom is 0.269 e. The highest BCUT2D eigenvalue weighted by molar-refractivity contribution is 6.31. The van der Waals surface area contributed by atoms with Crippen LogP contribution < -0.4 is 20.3 Å². The van der Waals surface area contributed by atoms with E-state index < -0.39 is 11.8 Å². The summed E-state index contributed by atoms with van der Waals surface area (Å²) in [7, 11) is 2.96. The zero-order chi connectivity index (χ0) is 20.1. The minimum Gasteiger partial charge on any atom is -0.497 e. The standard InChI is InChI=1S/C19H17ClN4O4/c1-27-13-9-12(10-14(11-13)28-2)19(26)23-22-17(25)7-6-15-18(20)21-16-5-3-4-8-24(15)16/h3-11H,1-2H3,(H,22,25)(H,23,26)/b7-6+. The minimum atomic E-state index is -0.537. The van der Waals surface area contributed by atoms with Crippen LogP contribution in [-0.2, 0) is 4.79 Å². The Bertz CT molecular complexity index is 1040. The molecular weight excluding hydrogens is 384 g/mol. The number of hydrogen-bond donors (Lipinski definition) is 2. The van der Waals surface area contributed by atoms with E-state index in [0.717, 1.165) is 0 Å². The molecule has 9 heteroatoms. The summed E-state index contributed by atoms with van der Waals surface area (Å²) in [5.74, 6) is -0.145. The number of amides is 2. The third-order valence-electron chi connectivity index (χ3n) is 3.83. The van der Waals surface area contributed by atoms with Gasteiger partial charge in [-0.25, -0.2) is 4.98 Å². The van der Waals surface area contributed by atoms with Crippen LogP contribution in [-0.4, -0.2) is 35.4 Å². The number of rotatable bonds is 5. The molecule has 0 saturated heterocycles. The van der Waals surface area contributed by atoms with E-state index in [4.69, 9.17) is 21.1 Å². The highest BCUT2D eigenvalue weighted by Crippen LogP contribution is 2.22. The first kappa shape index (κ1) is 19.2. The fraction of sp³-hybridized carbons (Fsp3) is 0.105. The van der Waals surface area contributed by atoms with Gasteiger partial charge in [-0.3, -0.25) is 24.8 Å². The molecule has 0 saturated carbocycles. The fourth-order valence-corrected chi connectivity index (χ4v) is 2.70. The number of methoxy groups -OCH3 is 2. The lowest BCUT2D eigenvalue weighted by atomic mass is 10.2. The topological polar surface area (TPSA) is 94.0 Å². The zero-order valence-electron chi connectivity index (χ0n) is 15.1. The SMILES string of the molecule is COc1cc(OC)cc(C(=O)NNC(=O)/C=C/c2c(Cl)nc3ccccn23)c1. The van der Waals surface area contributed by atoms with Crippen LogP contribution >= 0.6 is 11.6 Å². The molecule has 0 fully saturated rings. The zero-order valence-corrected chi connectivity index (χ0v) is 15.9. The van der Waals surface area contributed by atoms with Gasteiger partial charge in [0.1, 0.15) is 17.1 Å². The van der Waals surface area contributed by atoms with Crippen LogP contribution in [0.1, 0.15) is 16.1 Å². The second kappa shape index (κ2) is 8.45. The lowest BCUT2D eigenvalue weighted by molar-refractivity contribution is -0.117. The van der Waals surface area contributed by atoms with Crippen LogP contribution in [0.15, 0.2) is 48.7 Å². The maximum atomic E-state index is 12.3. The summed E-state index contributed by atoms with van der Waals surface area (Å²) in [6, 6.07) is 10.1. The normalized spacial score (nSPS) is 10.8. The van der Waals surface area contributed by atoms with Gasteiger partial charge in [0.2, 0.25) is 0 Å². The van der Waals surface area contributed by atoms with Gasteiger partial charge in [-0.05, 0) is 30.3 Å². The number of aromatic nitrogens is 2. The molecule has 2 aromatic heterocycles. The number of pyridine rings is 1. The molecule has 0 bridgehead atoms. The molecule has 0 aliphatic carbocycles. The van der Waals surface area contributed by atoms with Gasteiger partial charge in [0.05, 0.1) is 19.9 Å². The van der Waals surface area contributed by atoms with Gasteiger partial charge in [0, 0.05) is 23.9 Å². The van der Waals surface area contributed by atoms with Gasteiger partial charge in [-0.2, -0.15) is 0 Å². The predicted octanol–water partition coefficient (Wildman–Crippen LogP) is 2.48. The largest absolute Gasteiger partial charge is 0.497 e. The Balaban J connectivity index is 1.66. The summed E-state index contributed by atoms with van der Waals surface area (Å²) in [5, 5.41) is 0.266. The number of ether oxygens (including phenoxy) is 2. The van der Waals surface area contributed by atoms with Gasteiger partial charge in [0.25, 0.3) is 11.8 Å². The summed E-state index contributed by atoms with van der Waals surface area (Å²) in [4.78, 5) is 28.5. The van der Waals surface area contributed by atoms with Crippen molar-refractivity contribution in [3.63, 3.8) is 0 Å². The Kier molecular flexibility index (Phi) is 5.81. The molecule has 28 heavy (non-hydrogen) atoms. The summed E-state index contributed by atoms with van der Waals surface area (Å²) in [6.45, 7) is 0.